The molecule has 0 saturated carbocycles. The second-order valence-electron chi connectivity index (χ2n) is 5.48. The summed E-state index contributed by atoms with van der Waals surface area (Å²) >= 11 is 0. The summed E-state index contributed by atoms with van der Waals surface area (Å²) in [6, 6.07) is 9.14. The van der Waals surface area contributed by atoms with Crippen molar-refractivity contribution in [1.29, 1.82) is 0 Å². The first-order valence-electron chi connectivity index (χ1n) is 7.09. The number of rotatable bonds is 2. The van der Waals surface area contributed by atoms with Crippen LogP contribution in [0.3, 0.4) is 0 Å². The van der Waals surface area contributed by atoms with Crippen LogP contribution in [0.25, 0.3) is 22.4 Å². The van der Waals surface area contributed by atoms with Gasteiger partial charge in [-0.05, 0) is 45.9 Å². The van der Waals surface area contributed by atoms with Gasteiger partial charge in [-0.15, -0.1) is 0 Å². The fraction of sp³-hybridized carbons (Fsp3) is 0.222. The maximum atomic E-state index is 2.43. The van der Waals surface area contributed by atoms with E-state index in [2.05, 4.69) is 56.6 Å². The second-order valence-corrected chi connectivity index (χ2v) is 5.48. The first-order valence-corrected chi connectivity index (χ1v) is 7.09. The average molecular weight is 243 g/mol. The van der Waals surface area contributed by atoms with Crippen molar-refractivity contribution in [2.75, 3.05) is 0 Å². The molecule has 2 aromatic carbocycles. The Bertz CT molecular complexity index is 735. The van der Waals surface area contributed by atoms with Crippen molar-refractivity contribution in [1.82, 2.24) is 0 Å². The lowest BCUT2D eigenvalue weighted by molar-refractivity contribution is 1.18. The molecule has 1 radical (unpaired) electrons. The summed E-state index contributed by atoms with van der Waals surface area (Å²) in [5.41, 5.74) is 7.45. The molecule has 0 bridgehead atoms. The van der Waals surface area contributed by atoms with Gasteiger partial charge in [-0.1, -0.05) is 61.2 Å². The van der Waals surface area contributed by atoms with Crippen LogP contribution in [0.15, 0.2) is 36.4 Å². The van der Waals surface area contributed by atoms with E-state index in [1.807, 2.05) is 0 Å². The predicted molar refractivity (Wildman–Crippen MR) is 84.6 cm³/mol. The zero-order chi connectivity index (χ0) is 12.8. The zero-order valence-electron chi connectivity index (χ0n) is 11.2. The van der Waals surface area contributed by atoms with Gasteiger partial charge in [0, 0.05) is 0 Å². The zero-order valence-corrected chi connectivity index (χ0v) is 11.2. The van der Waals surface area contributed by atoms with Gasteiger partial charge >= 0.3 is 0 Å². The standard InChI is InChI=1S/C18H16B/c1-19-11-15-8-7-14-6-5-12-3-2-4-13-9-10-16(15)18(14)17(12)13/h2-3,5-9H,4,10-11H2,1H3. The van der Waals surface area contributed by atoms with Gasteiger partial charge in [-0.2, -0.15) is 0 Å². The number of hydrogen-bond donors (Lipinski definition) is 0. The minimum atomic E-state index is 1.08. The third-order valence-electron chi connectivity index (χ3n) is 4.36. The van der Waals surface area contributed by atoms with Crippen LogP contribution in [0.2, 0.25) is 6.82 Å². The molecule has 19 heavy (non-hydrogen) atoms. The average Bonchev–Trinajstić information content (AvgIpc) is 2.46. The largest absolute Gasteiger partial charge is 0.111 e. The van der Waals surface area contributed by atoms with E-state index in [1.165, 1.54) is 33.0 Å². The summed E-state index contributed by atoms with van der Waals surface area (Å²) in [6.45, 7) is 2.14. The van der Waals surface area contributed by atoms with Crippen LogP contribution in [-0.4, -0.2) is 7.28 Å². The van der Waals surface area contributed by atoms with Crippen molar-refractivity contribution in [2.45, 2.75) is 26.0 Å². The smallest absolute Gasteiger partial charge is 0.0917 e. The van der Waals surface area contributed by atoms with Crippen molar-refractivity contribution in [3.05, 3.63) is 58.7 Å². The molecule has 0 saturated heterocycles. The van der Waals surface area contributed by atoms with Crippen molar-refractivity contribution in [3.8, 4) is 0 Å². The fourth-order valence-corrected chi connectivity index (χ4v) is 3.51. The third-order valence-corrected chi connectivity index (χ3v) is 4.36. The highest BCUT2D eigenvalue weighted by atomic mass is 14.2. The van der Waals surface area contributed by atoms with Gasteiger partial charge in [0.1, 0.15) is 7.28 Å². The molecule has 0 nitrogen and oxygen atoms in total. The maximum absolute atomic E-state index is 2.43. The lowest BCUT2D eigenvalue weighted by Gasteiger charge is -2.25. The molecule has 0 aliphatic heterocycles. The minimum Gasteiger partial charge on any atom is -0.0917 e. The summed E-state index contributed by atoms with van der Waals surface area (Å²) in [4.78, 5) is 0. The van der Waals surface area contributed by atoms with Gasteiger partial charge in [0.25, 0.3) is 0 Å². The Morgan fingerprint density at radius 3 is 2.89 bits per heavy atom. The molecule has 91 valence electrons. The highest BCUT2D eigenvalue weighted by molar-refractivity contribution is 6.33. The number of benzene rings is 2. The molecule has 0 N–H and O–H groups in total. The van der Waals surface area contributed by atoms with Crippen LogP contribution >= 0.6 is 0 Å². The molecule has 0 spiro atoms. The van der Waals surface area contributed by atoms with Gasteiger partial charge in [0.15, 0.2) is 0 Å². The molecule has 0 atom stereocenters. The molecule has 2 aromatic rings. The van der Waals surface area contributed by atoms with Gasteiger partial charge in [0.2, 0.25) is 0 Å². The van der Waals surface area contributed by atoms with Gasteiger partial charge in [-0.25, -0.2) is 0 Å². The molecule has 0 amide bonds. The Morgan fingerprint density at radius 1 is 1.11 bits per heavy atom. The molecule has 2 aliphatic carbocycles. The molecule has 4 rings (SSSR count). The molecule has 0 fully saturated rings. The highest BCUT2D eigenvalue weighted by Gasteiger charge is 2.20. The highest BCUT2D eigenvalue weighted by Crippen LogP contribution is 2.41. The van der Waals surface area contributed by atoms with E-state index in [4.69, 9.17) is 0 Å². The van der Waals surface area contributed by atoms with Crippen LogP contribution in [0.4, 0.5) is 0 Å². The summed E-state index contributed by atoms with van der Waals surface area (Å²) in [5.74, 6) is 0. The summed E-state index contributed by atoms with van der Waals surface area (Å²) in [6.07, 6.45) is 10.3. The summed E-state index contributed by atoms with van der Waals surface area (Å²) in [7, 11) is 2.26. The lowest BCUT2D eigenvalue weighted by Crippen LogP contribution is -2.06. The van der Waals surface area contributed by atoms with E-state index in [0.29, 0.717) is 0 Å². The van der Waals surface area contributed by atoms with Crippen molar-refractivity contribution < 1.29 is 0 Å². The summed E-state index contributed by atoms with van der Waals surface area (Å²) < 4.78 is 0. The fourth-order valence-electron chi connectivity index (χ4n) is 3.51. The van der Waals surface area contributed by atoms with Crippen molar-refractivity contribution >= 4 is 29.7 Å². The Kier molecular flexibility index (Phi) is 2.41. The van der Waals surface area contributed by atoms with Gasteiger partial charge in [0.05, 0.1) is 0 Å². The Morgan fingerprint density at radius 2 is 2.00 bits per heavy atom. The topological polar surface area (TPSA) is 0 Å². The summed E-state index contributed by atoms with van der Waals surface area (Å²) in [5, 5.41) is 2.91. The molecular formula is C18H16B. The van der Waals surface area contributed by atoms with Gasteiger partial charge < -0.3 is 0 Å². The number of hydrogen-bond acceptors (Lipinski definition) is 0. The third kappa shape index (κ3) is 1.54. The van der Waals surface area contributed by atoms with E-state index in [1.54, 1.807) is 5.56 Å². The van der Waals surface area contributed by atoms with Crippen LogP contribution in [0, 0.1) is 0 Å². The van der Waals surface area contributed by atoms with E-state index in [9.17, 15) is 0 Å². The first-order chi connectivity index (χ1) is 9.38. The van der Waals surface area contributed by atoms with Crippen LogP contribution in [-0.2, 0) is 12.7 Å². The van der Waals surface area contributed by atoms with Crippen LogP contribution < -0.4 is 0 Å². The normalized spacial score (nSPS) is 15.5. The SMILES string of the molecule is C[B]Cc1ccc2ccc3c4c2c1CC=C4CC=C3. The van der Waals surface area contributed by atoms with E-state index in [0.717, 1.165) is 19.2 Å². The Hall–Kier alpha value is -1.76. The quantitative estimate of drug-likeness (QED) is 0.683. The van der Waals surface area contributed by atoms with E-state index < -0.39 is 0 Å². The predicted octanol–water partition coefficient (Wildman–Crippen LogP) is 4.45. The van der Waals surface area contributed by atoms with Crippen molar-refractivity contribution in [2.24, 2.45) is 0 Å². The first kappa shape index (κ1) is 11.1. The monoisotopic (exact) mass is 243 g/mol. The molecule has 2 aliphatic rings. The molecule has 0 aromatic heterocycles. The Balaban J connectivity index is 2.11. The molecule has 1 heteroatoms. The molecule has 0 heterocycles. The van der Waals surface area contributed by atoms with Gasteiger partial charge in [-0.3, -0.25) is 0 Å². The Labute approximate surface area is 115 Å². The lowest BCUT2D eigenvalue weighted by atomic mass is 9.71. The minimum absolute atomic E-state index is 1.08. The molecule has 0 unspecified atom stereocenters. The van der Waals surface area contributed by atoms with E-state index in [-0.39, 0.29) is 0 Å². The maximum Gasteiger partial charge on any atom is 0.111 e. The number of allylic oxidation sites excluding steroid dienone is 3. The second kappa shape index (κ2) is 4.13. The van der Waals surface area contributed by atoms with Crippen LogP contribution in [0.1, 0.15) is 28.7 Å². The molecular weight excluding hydrogens is 227 g/mol. The van der Waals surface area contributed by atoms with Crippen LogP contribution in [0.5, 0.6) is 0 Å². The van der Waals surface area contributed by atoms with E-state index >= 15 is 0 Å². The van der Waals surface area contributed by atoms with Crippen molar-refractivity contribution in [3.63, 3.8) is 0 Å².